The normalized spacial score (nSPS) is 11.3. The third-order valence-electron chi connectivity index (χ3n) is 6.20. The summed E-state index contributed by atoms with van der Waals surface area (Å²) in [5.41, 5.74) is -1.34. The van der Waals surface area contributed by atoms with E-state index in [-0.39, 0.29) is 41.5 Å². The fourth-order valence-electron chi connectivity index (χ4n) is 4.18. The molecule has 0 fully saturated rings. The third-order valence-corrected chi connectivity index (χ3v) is 6.20. The van der Waals surface area contributed by atoms with E-state index in [0.717, 1.165) is 21.3 Å². The number of benzene rings is 2. The van der Waals surface area contributed by atoms with Crippen LogP contribution in [-0.2, 0) is 17.5 Å². The first kappa shape index (κ1) is 27.1. The molecule has 0 radical (unpaired) electrons. The number of amides is 1. The molecule has 9 nitrogen and oxygen atoms in total. The summed E-state index contributed by atoms with van der Waals surface area (Å²) in [6, 6.07) is 14.2. The molecular formula is C27H23F3N6O3. The lowest BCUT2D eigenvalue weighted by Crippen LogP contribution is -2.42. The van der Waals surface area contributed by atoms with Gasteiger partial charge in [0.05, 0.1) is 46.0 Å². The van der Waals surface area contributed by atoms with E-state index in [2.05, 4.69) is 5.10 Å². The van der Waals surface area contributed by atoms with Crippen LogP contribution in [0.4, 0.5) is 13.2 Å². The molecule has 4 aromatic rings. The zero-order valence-electron chi connectivity index (χ0n) is 21.2. The maximum Gasteiger partial charge on any atom is 0.416 e. The number of halogens is 3. The quantitative estimate of drug-likeness (QED) is 0.375. The Hall–Kier alpha value is -4.92. The van der Waals surface area contributed by atoms with Gasteiger partial charge in [-0.2, -0.15) is 23.5 Å². The Morgan fingerprint density at radius 2 is 1.74 bits per heavy atom. The number of hydrogen-bond donors (Lipinski definition) is 0. The van der Waals surface area contributed by atoms with Crippen molar-refractivity contribution in [1.82, 2.24) is 23.8 Å². The van der Waals surface area contributed by atoms with Crippen LogP contribution >= 0.6 is 0 Å². The molecule has 2 aromatic carbocycles. The van der Waals surface area contributed by atoms with Crippen LogP contribution in [0.5, 0.6) is 0 Å². The molecule has 39 heavy (non-hydrogen) atoms. The van der Waals surface area contributed by atoms with E-state index in [1.807, 2.05) is 6.07 Å². The molecule has 200 valence electrons. The Bertz CT molecular complexity index is 1710. The topological polar surface area (TPSA) is 106 Å². The van der Waals surface area contributed by atoms with Crippen LogP contribution in [0.1, 0.15) is 23.2 Å². The highest BCUT2D eigenvalue weighted by molar-refractivity contribution is 5.75. The Morgan fingerprint density at radius 3 is 2.36 bits per heavy atom. The first-order valence-electron chi connectivity index (χ1n) is 11.7. The highest BCUT2D eigenvalue weighted by Crippen LogP contribution is 2.31. The number of rotatable bonds is 6. The minimum atomic E-state index is -4.66. The number of carbonyl (C=O) groups is 1. The van der Waals surface area contributed by atoms with Gasteiger partial charge in [-0.15, -0.1) is 0 Å². The van der Waals surface area contributed by atoms with Gasteiger partial charge in [0.1, 0.15) is 0 Å². The Morgan fingerprint density at radius 1 is 1.05 bits per heavy atom. The van der Waals surface area contributed by atoms with E-state index in [9.17, 15) is 27.6 Å². The van der Waals surface area contributed by atoms with Crippen molar-refractivity contribution in [1.29, 1.82) is 5.26 Å². The zero-order valence-corrected chi connectivity index (χ0v) is 21.2. The molecule has 0 saturated carbocycles. The molecule has 2 heterocycles. The van der Waals surface area contributed by atoms with Gasteiger partial charge in [0.15, 0.2) is 0 Å². The SMILES string of the molecule is Cc1c(-c2ccnn2-c2ccc(C#N)cc2)c(=O)n(CCC(=O)N(C)C)c(=O)n1-c1cccc(C(F)(F)F)c1. The number of carbonyl (C=O) groups excluding carboxylic acids is 1. The van der Waals surface area contributed by atoms with Crippen molar-refractivity contribution in [3.63, 3.8) is 0 Å². The lowest BCUT2D eigenvalue weighted by Gasteiger charge is -2.19. The van der Waals surface area contributed by atoms with Gasteiger partial charge < -0.3 is 4.90 Å². The molecule has 12 heteroatoms. The fourth-order valence-corrected chi connectivity index (χ4v) is 4.18. The molecule has 0 unspecified atom stereocenters. The molecule has 0 N–H and O–H groups in total. The molecule has 0 atom stereocenters. The van der Waals surface area contributed by atoms with Crippen molar-refractivity contribution in [2.45, 2.75) is 26.1 Å². The first-order valence-corrected chi connectivity index (χ1v) is 11.7. The number of hydrogen-bond acceptors (Lipinski definition) is 5. The van der Waals surface area contributed by atoms with Gasteiger partial charge in [0, 0.05) is 32.8 Å². The van der Waals surface area contributed by atoms with Crippen LogP contribution in [0, 0.1) is 18.3 Å². The molecule has 0 bridgehead atoms. The summed E-state index contributed by atoms with van der Waals surface area (Å²) in [5, 5.41) is 13.4. The average Bonchev–Trinajstić information content (AvgIpc) is 3.37. The Kier molecular flexibility index (Phi) is 7.27. The highest BCUT2D eigenvalue weighted by atomic mass is 19.4. The van der Waals surface area contributed by atoms with E-state index in [1.165, 1.54) is 55.0 Å². The Labute approximate surface area is 220 Å². The van der Waals surface area contributed by atoms with Crippen LogP contribution in [0.2, 0.25) is 0 Å². The first-order chi connectivity index (χ1) is 18.4. The van der Waals surface area contributed by atoms with E-state index < -0.39 is 23.0 Å². The summed E-state index contributed by atoms with van der Waals surface area (Å²) < 4.78 is 43.8. The van der Waals surface area contributed by atoms with Crippen molar-refractivity contribution in [3.05, 3.63) is 98.5 Å². The van der Waals surface area contributed by atoms with Gasteiger partial charge in [-0.3, -0.25) is 18.7 Å². The second-order valence-corrected chi connectivity index (χ2v) is 8.91. The number of nitriles is 1. The lowest BCUT2D eigenvalue weighted by atomic mass is 10.1. The van der Waals surface area contributed by atoms with E-state index in [4.69, 9.17) is 5.26 Å². The van der Waals surface area contributed by atoms with Crippen molar-refractivity contribution in [2.75, 3.05) is 14.1 Å². The minimum Gasteiger partial charge on any atom is -0.349 e. The zero-order chi connectivity index (χ0) is 28.5. The second-order valence-electron chi connectivity index (χ2n) is 8.91. The summed E-state index contributed by atoms with van der Waals surface area (Å²) in [4.78, 5) is 40.9. The standard InChI is InChI=1S/C27H23F3N6O3/c1-17-24(22-11-13-32-36(22)20-9-7-18(16-31)8-10-20)25(38)34(14-12-23(37)33(2)3)26(39)35(17)21-6-4-5-19(15-21)27(28,29)30/h4-11,13,15H,12,14H2,1-3H3. The highest BCUT2D eigenvalue weighted by Gasteiger charge is 2.31. The summed E-state index contributed by atoms with van der Waals surface area (Å²) >= 11 is 0. The molecule has 0 aliphatic carbocycles. The van der Waals surface area contributed by atoms with Gasteiger partial charge in [0.2, 0.25) is 5.91 Å². The van der Waals surface area contributed by atoms with Crippen LogP contribution in [0.3, 0.4) is 0 Å². The molecule has 2 aromatic heterocycles. The van der Waals surface area contributed by atoms with Gasteiger partial charge in [-0.05, 0) is 55.5 Å². The molecule has 4 rings (SSSR count). The summed E-state index contributed by atoms with van der Waals surface area (Å²) in [6.45, 7) is 1.18. The monoisotopic (exact) mass is 536 g/mol. The van der Waals surface area contributed by atoms with Crippen molar-refractivity contribution in [3.8, 4) is 28.7 Å². The van der Waals surface area contributed by atoms with Crippen molar-refractivity contribution in [2.24, 2.45) is 0 Å². The van der Waals surface area contributed by atoms with Crippen LogP contribution < -0.4 is 11.2 Å². The smallest absolute Gasteiger partial charge is 0.349 e. The fraction of sp³-hybridized carbons (Fsp3) is 0.222. The molecule has 1 amide bonds. The second kappa shape index (κ2) is 10.4. The average molecular weight is 537 g/mol. The third kappa shape index (κ3) is 5.24. The van der Waals surface area contributed by atoms with E-state index in [0.29, 0.717) is 11.3 Å². The number of nitrogens with zero attached hydrogens (tertiary/aromatic N) is 6. The molecular weight excluding hydrogens is 513 g/mol. The summed E-state index contributed by atoms with van der Waals surface area (Å²) in [7, 11) is 3.06. The van der Waals surface area contributed by atoms with Gasteiger partial charge in [-0.1, -0.05) is 6.07 Å². The predicted molar refractivity (Wildman–Crippen MR) is 137 cm³/mol. The van der Waals surface area contributed by atoms with Crippen molar-refractivity contribution < 1.29 is 18.0 Å². The molecule has 0 aliphatic heterocycles. The molecule has 0 saturated heterocycles. The maximum absolute atomic E-state index is 13.7. The minimum absolute atomic E-state index is 0.0196. The number of aromatic nitrogens is 4. The van der Waals surface area contributed by atoms with Crippen LogP contribution in [-0.4, -0.2) is 43.8 Å². The maximum atomic E-state index is 13.7. The molecule has 0 spiro atoms. The van der Waals surface area contributed by atoms with Gasteiger partial charge in [0.25, 0.3) is 5.56 Å². The molecule has 0 aliphatic rings. The lowest BCUT2D eigenvalue weighted by molar-refractivity contribution is -0.137. The van der Waals surface area contributed by atoms with Gasteiger partial charge >= 0.3 is 11.9 Å². The van der Waals surface area contributed by atoms with Gasteiger partial charge in [-0.25, -0.2) is 9.48 Å². The number of alkyl halides is 3. The summed E-state index contributed by atoms with van der Waals surface area (Å²) in [6.07, 6.45) is -3.40. The summed E-state index contributed by atoms with van der Waals surface area (Å²) in [5.74, 6) is -0.336. The van der Waals surface area contributed by atoms with Crippen molar-refractivity contribution >= 4 is 5.91 Å². The predicted octanol–water partition coefficient (Wildman–Crippen LogP) is 3.53. The van der Waals surface area contributed by atoms with E-state index in [1.54, 1.807) is 24.3 Å². The van der Waals surface area contributed by atoms with Crippen LogP contribution in [0.15, 0.2) is 70.4 Å². The van der Waals surface area contributed by atoms with Crippen LogP contribution in [0.25, 0.3) is 22.6 Å². The Balaban J connectivity index is 2.00. The van der Waals surface area contributed by atoms with E-state index >= 15 is 0 Å². The largest absolute Gasteiger partial charge is 0.416 e.